The summed E-state index contributed by atoms with van der Waals surface area (Å²) in [6, 6.07) is 6.45. The first kappa shape index (κ1) is 16.5. The minimum absolute atomic E-state index is 0.0121. The van der Waals surface area contributed by atoms with Gasteiger partial charge in [-0.3, -0.25) is 4.79 Å². The van der Waals surface area contributed by atoms with Gasteiger partial charge >= 0.3 is 0 Å². The van der Waals surface area contributed by atoms with Crippen LogP contribution in [0.1, 0.15) is 32.1 Å². The van der Waals surface area contributed by atoms with Gasteiger partial charge in [0.25, 0.3) is 0 Å². The Bertz CT molecular complexity index is 700. The SMILES string of the molecule is CN(C)S(=O)(=O)c1cccc(NC(=O)C[C@@H]2C[C@H]3CC[C@@H]2C3)c1. The van der Waals surface area contributed by atoms with Crippen molar-refractivity contribution >= 4 is 21.6 Å². The molecule has 0 radical (unpaired) electrons. The fraction of sp³-hybridized carbons (Fsp3) is 0.588. The molecule has 0 unspecified atom stereocenters. The molecule has 5 nitrogen and oxygen atoms in total. The third-order valence-electron chi connectivity index (χ3n) is 5.23. The molecule has 0 aromatic heterocycles. The van der Waals surface area contributed by atoms with E-state index >= 15 is 0 Å². The highest BCUT2D eigenvalue weighted by atomic mass is 32.2. The van der Waals surface area contributed by atoms with Crippen molar-refractivity contribution in [3.63, 3.8) is 0 Å². The molecule has 0 heterocycles. The quantitative estimate of drug-likeness (QED) is 0.899. The number of rotatable bonds is 5. The lowest BCUT2D eigenvalue weighted by atomic mass is 9.86. The number of hydrogen-bond donors (Lipinski definition) is 1. The molecule has 1 aromatic rings. The Morgan fingerprint density at radius 3 is 2.65 bits per heavy atom. The van der Waals surface area contributed by atoms with Crippen LogP contribution in [-0.2, 0) is 14.8 Å². The zero-order valence-electron chi connectivity index (χ0n) is 13.7. The highest BCUT2D eigenvalue weighted by molar-refractivity contribution is 7.89. The van der Waals surface area contributed by atoms with Gasteiger partial charge in [0.2, 0.25) is 15.9 Å². The lowest BCUT2D eigenvalue weighted by molar-refractivity contribution is -0.117. The number of anilines is 1. The van der Waals surface area contributed by atoms with Crippen molar-refractivity contribution in [1.29, 1.82) is 0 Å². The Hall–Kier alpha value is -1.40. The standard InChI is InChI=1S/C17H24N2O3S/c1-19(2)23(21,22)16-5-3-4-15(11-16)18-17(20)10-14-9-12-6-7-13(14)8-12/h3-5,11-14H,6-10H2,1-2H3,(H,18,20)/t12-,13+,14-/m0/s1. The molecule has 1 aromatic carbocycles. The maximum Gasteiger partial charge on any atom is 0.242 e. The van der Waals surface area contributed by atoms with Gasteiger partial charge in [0, 0.05) is 26.2 Å². The lowest BCUT2D eigenvalue weighted by Gasteiger charge is -2.21. The number of nitrogens with zero attached hydrogens (tertiary/aromatic N) is 1. The van der Waals surface area contributed by atoms with E-state index in [1.807, 2.05) is 0 Å². The summed E-state index contributed by atoms with van der Waals surface area (Å²) in [5.74, 6) is 2.03. The molecule has 2 bridgehead atoms. The summed E-state index contributed by atoms with van der Waals surface area (Å²) < 4.78 is 25.5. The average molecular weight is 336 g/mol. The van der Waals surface area contributed by atoms with Gasteiger partial charge in [-0.25, -0.2) is 12.7 Å². The van der Waals surface area contributed by atoms with Crippen molar-refractivity contribution < 1.29 is 13.2 Å². The van der Waals surface area contributed by atoms with E-state index in [9.17, 15) is 13.2 Å². The first-order valence-electron chi connectivity index (χ1n) is 8.18. The molecular weight excluding hydrogens is 312 g/mol. The maximum atomic E-state index is 12.3. The van der Waals surface area contributed by atoms with Crippen LogP contribution in [0, 0.1) is 17.8 Å². The van der Waals surface area contributed by atoms with E-state index in [0.717, 1.165) is 5.92 Å². The third kappa shape index (κ3) is 3.43. The molecule has 126 valence electrons. The monoisotopic (exact) mass is 336 g/mol. The minimum Gasteiger partial charge on any atom is -0.326 e. The molecule has 0 spiro atoms. The van der Waals surface area contributed by atoms with Crippen LogP contribution in [0.25, 0.3) is 0 Å². The van der Waals surface area contributed by atoms with Gasteiger partial charge in [0.1, 0.15) is 0 Å². The van der Waals surface area contributed by atoms with Crippen LogP contribution in [-0.4, -0.2) is 32.7 Å². The number of fused-ring (bicyclic) bond motifs is 2. The molecule has 0 saturated heterocycles. The highest BCUT2D eigenvalue weighted by Gasteiger charge is 2.40. The summed E-state index contributed by atoms with van der Waals surface area (Å²) in [5.41, 5.74) is 0.543. The third-order valence-corrected chi connectivity index (χ3v) is 7.04. The lowest BCUT2D eigenvalue weighted by Crippen LogP contribution is -2.23. The molecule has 0 aliphatic heterocycles. The van der Waals surface area contributed by atoms with E-state index in [1.54, 1.807) is 18.2 Å². The molecule has 3 rings (SSSR count). The Balaban J connectivity index is 1.65. The predicted molar refractivity (Wildman–Crippen MR) is 89.5 cm³/mol. The molecule has 2 saturated carbocycles. The summed E-state index contributed by atoms with van der Waals surface area (Å²) in [7, 11) is -0.491. The first-order chi connectivity index (χ1) is 10.9. The molecule has 2 aliphatic rings. The van der Waals surface area contributed by atoms with Gasteiger partial charge < -0.3 is 5.32 Å². The molecule has 2 aliphatic carbocycles. The van der Waals surface area contributed by atoms with Crippen molar-refractivity contribution in [1.82, 2.24) is 4.31 Å². The maximum absolute atomic E-state index is 12.3. The summed E-state index contributed by atoms with van der Waals surface area (Å²) in [4.78, 5) is 12.5. The van der Waals surface area contributed by atoms with E-state index < -0.39 is 10.0 Å². The number of sulfonamides is 1. The normalized spacial score (nSPS) is 26.7. The van der Waals surface area contributed by atoms with Gasteiger partial charge in [-0.05, 0) is 55.2 Å². The van der Waals surface area contributed by atoms with Gasteiger partial charge in [-0.15, -0.1) is 0 Å². The number of amides is 1. The Labute approximate surface area is 138 Å². The fourth-order valence-electron chi connectivity index (χ4n) is 4.02. The molecule has 6 heteroatoms. The topological polar surface area (TPSA) is 66.5 Å². The van der Waals surface area contributed by atoms with E-state index in [4.69, 9.17) is 0 Å². The van der Waals surface area contributed by atoms with Crippen LogP contribution in [0.5, 0.6) is 0 Å². The van der Waals surface area contributed by atoms with Crippen molar-refractivity contribution in [3.8, 4) is 0 Å². The Morgan fingerprint density at radius 2 is 2.04 bits per heavy atom. The molecular formula is C17H24N2O3S. The second-order valence-electron chi connectivity index (χ2n) is 7.00. The number of hydrogen-bond acceptors (Lipinski definition) is 3. The fourth-order valence-corrected chi connectivity index (χ4v) is 4.97. The zero-order valence-corrected chi connectivity index (χ0v) is 14.5. The summed E-state index contributed by atoms with van der Waals surface area (Å²) in [6.07, 6.45) is 5.60. The Kier molecular flexibility index (Phi) is 4.47. The number of carbonyl (C=O) groups is 1. The number of carbonyl (C=O) groups excluding carboxylic acids is 1. The number of nitrogens with one attached hydrogen (secondary N) is 1. The van der Waals surface area contributed by atoms with Crippen LogP contribution >= 0.6 is 0 Å². The molecule has 1 amide bonds. The van der Waals surface area contributed by atoms with Crippen LogP contribution in [0.15, 0.2) is 29.2 Å². The van der Waals surface area contributed by atoms with Gasteiger partial charge in [0.15, 0.2) is 0 Å². The van der Waals surface area contributed by atoms with Gasteiger partial charge in [-0.2, -0.15) is 0 Å². The zero-order chi connectivity index (χ0) is 16.6. The molecule has 3 atom stereocenters. The van der Waals surface area contributed by atoms with Gasteiger partial charge in [-0.1, -0.05) is 12.5 Å². The second-order valence-corrected chi connectivity index (χ2v) is 9.15. The van der Waals surface area contributed by atoms with Crippen LogP contribution in [0.3, 0.4) is 0 Å². The van der Waals surface area contributed by atoms with Crippen molar-refractivity contribution in [2.75, 3.05) is 19.4 Å². The minimum atomic E-state index is -3.48. The molecule has 1 N–H and O–H groups in total. The average Bonchev–Trinajstić information content (AvgIpc) is 3.09. The second kappa shape index (κ2) is 6.24. The van der Waals surface area contributed by atoms with E-state index in [2.05, 4.69) is 5.32 Å². The first-order valence-corrected chi connectivity index (χ1v) is 9.62. The van der Waals surface area contributed by atoms with Crippen LogP contribution in [0.4, 0.5) is 5.69 Å². The highest BCUT2D eigenvalue weighted by Crippen LogP contribution is 2.49. The smallest absolute Gasteiger partial charge is 0.242 e. The van der Waals surface area contributed by atoms with E-state index in [1.165, 1.54) is 50.2 Å². The predicted octanol–water partition coefficient (Wildman–Crippen LogP) is 2.70. The van der Waals surface area contributed by atoms with Crippen LogP contribution < -0.4 is 5.32 Å². The van der Waals surface area contributed by atoms with Crippen LogP contribution in [0.2, 0.25) is 0 Å². The summed E-state index contributed by atoms with van der Waals surface area (Å²) >= 11 is 0. The number of benzene rings is 1. The Morgan fingerprint density at radius 1 is 1.26 bits per heavy atom. The summed E-state index contributed by atoms with van der Waals surface area (Å²) in [5, 5.41) is 2.86. The van der Waals surface area contributed by atoms with Crippen molar-refractivity contribution in [2.45, 2.75) is 37.0 Å². The summed E-state index contributed by atoms with van der Waals surface area (Å²) in [6.45, 7) is 0. The molecule has 23 heavy (non-hydrogen) atoms. The van der Waals surface area contributed by atoms with Crippen molar-refractivity contribution in [2.24, 2.45) is 17.8 Å². The van der Waals surface area contributed by atoms with Crippen molar-refractivity contribution in [3.05, 3.63) is 24.3 Å². The molecule has 2 fully saturated rings. The van der Waals surface area contributed by atoms with Gasteiger partial charge in [0.05, 0.1) is 4.90 Å². The largest absolute Gasteiger partial charge is 0.326 e. The van der Waals surface area contributed by atoms with E-state index in [0.29, 0.717) is 23.9 Å². The van der Waals surface area contributed by atoms with E-state index in [-0.39, 0.29) is 10.8 Å².